The molecule has 1 aliphatic heterocycles. The molecule has 16 heavy (non-hydrogen) atoms. The summed E-state index contributed by atoms with van der Waals surface area (Å²) in [6.45, 7) is 7.47. The van der Waals surface area contributed by atoms with Gasteiger partial charge in [-0.25, -0.2) is 0 Å². The van der Waals surface area contributed by atoms with E-state index >= 15 is 0 Å². The van der Waals surface area contributed by atoms with Gasteiger partial charge in [-0.15, -0.1) is 13.2 Å². The van der Waals surface area contributed by atoms with Crippen molar-refractivity contribution >= 4 is 5.91 Å². The summed E-state index contributed by atoms with van der Waals surface area (Å²) in [6, 6.07) is 3.57. The number of pyridine rings is 1. The third-order valence-corrected chi connectivity index (χ3v) is 2.84. The van der Waals surface area contributed by atoms with Gasteiger partial charge in [-0.2, -0.15) is 0 Å². The van der Waals surface area contributed by atoms with Crippen LogP contribution in [-0.2, 0) is 5.54 Å². The SMILES string of the molecule is C=CCC1(CC=C)NC(=O)c2cccnc21. The number of fused-ring (bicyclic) bond motifs is 1. The van der Waals surface area contributed by atoms with Crippen molar-refractivity contribution in [3.05, 3.63) is 54.9 Å². The van der Waals surface area contributed by atoms with Crippen molar-refractivity contribution in [3.63, 3.8) is 0 Å². The van der Waals surface area contributed by atoms with Gasteiger partial charge in [0.25, 0.3) is 5.91 Å². The first kappa shape index (κ1) is 10.6. The molecule has 3 heteroatoms. The normalized spacial score (nSPS) is 16.4. The maximum Gasteiger partial charge on any atom is 0.253 e. The third kappa shape index (κ3) is 1.45. The molecule has 1 aliphatic rings. The molecular formula is C13H14N2O. The largest absolute Gasteiger partial charge is 0.340 e. The molecule has 3 nitrogen and oxygen atoms in total. The first-order valence-corrected chi connectivity index (χ1v) is 5.23. The Morgan fingerprint density at radius 2 is 2.06 bits per heavy atom. The molecule has 2 heterocycles. The van der Waals surface area contributed by atoms with Crippen molar-refractivity contribution in [2.45, 2.75) is 18.4 Å². The maximum absolute atomic E-state index is 11.8. The van der Waals surface area contributed by atoms with E-state index in [1.165, 1.54) is 0 Å². The fourth-order valence-electron chi connectivity index (χ4n) is 2.19. The van der Waals surface area contributed by atoms with Gasteiger partial charge in [0.05, 0.1) is 16.8 Å². The first-order valence-electron chi connectivity index (χ1n) is 5.23. The number of rotatable bonds is 4. The molecule has 1 aromatic heterocycles. The maximum atomic E-state index is 11.8. The second-order valence-corrected chi connectivity index (χ2v) is 3.92. The van der Waals surface area contributed by atoms with Crippen LogP contribution in [0.25, 0.3) is 0 Å². The fourth-order valence-corrected chi connectivity index (χ4v) is 2.19. The molecule has 1 aromatic rings. The van der Waals surface area contributed by atoms with Gasteiger partial charge in [-0.05, 0) is 25.0 Å². The van der Waals surface area contributed by atoms with Gasteiger partial charge in [-0.1, -0.05) is 12.2 Å². The van der Waals surface area contributed by atoms with Crippen molar-refractivity contribution in [1.82, 2.24) is 10.3 Å². The monoisotopic (exact) mass is 214 g/mol. The lowest BCUT2D eigenvalue weighted by Crippen LogP contribution is -2.38. The summed E-state index contributed by atoms with van der Waals surface area (Å²) in [6.07, 6.45) is 6.63. The lowest BCUT2D eigenvalue weighted by molar-refractivity contribution is 0.0930. The number of aromatic nitrogens is 1. The van der Waals surface area contributed by atoms with E-state index in [-0.39, 0.29) is 5.91 Å². The van der Waals surface area contributed by atoms with Crippen molar-refractivity contribution < 1.29 is 4.79 Å². The minimum atomic E-state index is -0.447. The fraction of sp³-hybridized carbons (Fsp3) is 0.231. The zero-order chi connectivity index (χ0) is 11.6. The van der Waals surface area contributed by atoms with E-state index < -0.39 is 5.54 Å². The summed E-state index contributed by atoms with van der Waals surface area (Å²) in [5.74, 6) is -0.0631. The van der Waals surface area contributed by atoms with Crippen molar-refractivity contribution in [2.24, 2.45) is 0 Å². The Labute approximate surface area is 94.9 Å². The number of hydrogen-bond acceptors (Lipinski definition) is 2. The summed E-state index contributed by atoms with van der Waals surface area (Å²) < 4.78 is 0. The van der Waals surface area contributed by atoms with Crippen LogP contribution in [0.5, 0.6) is 0 Å². The Bertz CT molecular complexity index is 441. The van der Waals surface area contributed by atoms with Gasteiger partial charge in [0.15, 0.2) is 0 Å². The number of hydrogen-bond donors (Lipinski definition) is 1. The molecule has 0 aliphatic carbocycles. The van der Waals surface area contributed by atoms with Gasteiger partial charge in [-0.3, -0.25) is 9.78 Å². The molecule has 0 spiro atoms. The van der Waals surface area contributed by atoms with E-state index in [1.54, 1.807) is 30.5 Å². The van der Waals surface area contributed by atoms with Crippen LogP contribution in [0.15, 0.2) is 43.6 Å². The van der Waals surface area contributed by atoms with Crippen molar-refractivity contribution in [3.8, 4) is 0 Å². The summed E-state index contributed by atoms with van der Waals surface area (Å²) >= 11 is 0. The second kappa shape index (κ2) is 3.93. The van der Waals surface area contributed by atoms with Crippen LogP contribution < -0.4 is 5.32 Å². The molecule has 1 N–H and O–H groups in total. The number of nitrogens with zero attached hydrogens (tertiary/aromatic N) is 1. The number of amides is 1. The van der Waals surface area contributed by atoms with Gasteiger partial charge >= 0.3 is 0 Å². The van der Waals surface area contributed by atoms with Gasteiger partial charge in [0, 0.05) is 6.20 Å². The van der Waals surface area contributed by atoms with Crippen molar-refractivity contribution in [1.29, 1.82) is 0 Å². The average molecular weight is 214 g/mol. The minimum absolute atomic E-state index is 0.0631. The van der Waals surface area contributed by atoms with Gasteiger partial charge in [0.1, 0.15) is 0 Å². The molecular weight excluding hydrogens is 200 g/mol. The predicted molar refractivity (Wildman–Crippen MR) is 63.0 cm³/mol. The molecule has 0 bridgehead atoms. The van der Waals surface area contributed by atoms with Gasteiger partial charge < -0.3 is 5.32 Å². The summed E-state index contributed by atoms with van der Waals surface area (Å²) in [4.78, 5) is 16.1. The topological polar surface area (TPSA) is 42.0 Å². The summed E-state index contributed by atoms with van der Waals surface area (Å²) in [5.41, 5.74) is 1.02. The highest BCUT2D eigenvalue weighted by Crippen LogP contribution is 2.35. The summed E-state index contributed by atoms with van der Waals surface area (Å²) in [7, 11) is 0. The van der Waals surface area contributed by atoms with Crippen LogP contribution in [-0.4, -0.2) is 10.9 Å². The molecule has 0 saturated heterocycles. The molecule has 0 unspecified atom stereocenters. The second-order valence-electron chi connectivity index (χ2n) is 3.92. The number of carbonyl (C=O) groups is 1. The van der Waals surface area contributed by atoms with Crippen LogP contribution in [0.4, 0.5) is 0 Å². The zero-order valence-electron chi connectivity index (χ0n) is 9.07. The Kier molecular flexibility index (Phi) is 2.60. The Balaban J connectivity index is 2.53. The van der Waals surface area contributed by atoms with E-state index in [1.807, 2.05) is 0 Å². The standard InChI is InChI=1S/C13H14N2O/c1-3-7-13(8-4-2)11-10(12(16)15-13)6-5-9-14-11/h3-6,9H,1-2,7-8H2,(H,15,16). The van der Waals surface area contributed by atoms with E-state index in [2.05, 4.69) is 23.5 Å². The Morgan fingerprint density at radius 3 is 2.69 bits per heavy atom. The van der Waals surface area contributed by atoms with Crippen LogP contribution >= 0.6 is 0 Å². The predicted octanol–water partition coefficient (Wildman–Crippen LogP) is 2.17. The molecule has 2 rings (SSSR count). The van der Waals surface area contributed by atoms with Crippen molar-refractivity contribution in [2.75, 3.05) is 0 Å². The molecule has 0 fully saturated rings. The smallest absolute Gasteiger partial charge is 0.253 e. The molecule has 0 saturated carbocycles. The summed E-state index contributed by atoms with van der Waals surface area (Å²) in [5, 5.41) is 2.99. The lowest BCUT2D eigenvalue weighted by Gasteiger charge is -2.26. The van der Waals surface area contributed by atoms with Crippen LogP contribution in [0, 0.1) is 0 Å². The molecule has 0 radical (unpaired) electrons. The molecule has 1 amide bonds. The molecule has 0 atom stereocenters. The minimum Gasteiger partial charge on any atom is -0.340 e. The Morgan fingerprint density at radius 1 is 1.38 bits per heavy atom. The van der Waals surface area contributed by atoms with Crippen LogP contribution in [0.2, 0.25) is 0 Å². The highest BCUT2D eigenvalue weighted by atomic mass is 16.2. The first-order chi connectivity index (χ1) is 7.73. The number of carbonyl (C=O) groups excluding carboxylic acids is 1. The van der Waals surface area contributed by atoms with Gasteiger partial charge in [0.2, 0.25) is 0 Å². The van der Waals surface area contributed by atoms with E-state index in [0.29, 0.717) is 18.4 Å². The lowest BCUT2D eigenvalue weighted by atomic mass is 9.88. The van der Waals surface area contributed by atoms with Crippen LogP contribution in [0.3, 0.4) is 0 Å². The third-order valence-electron chi connectivity index (χ3n) is 2.84. The zero-order valence-corrected chi connectivity index (χ0v) is 9.07. The highest BCUT2D eigenvalue weighted by molar-refractivity contribution is 5.99. The molecule has 82 valence electrons. The Hall–Kier alpha value is -1.90. The van der Waals surface area contributed by atoms with Crippen LogP contribution in [0.1, 0.15) is 28.9 Å². The number of nitrogens with one attached hydrogen (secondary N) is 1. The van der Waals surface area contributed by atoms with E-state index in [9.17, 15) is 4.79 Å². The quantitative estimate of drug-likeness (QED) is 0.780. The van der Waals surface area contributed by atoms with E-state index in [4.69, 9.17) is 0 Å². The molecule has 0 aromatic carbocycles. The van der Waals surface area contributed by atoms with E-state index in [0.717, 1.165) is 5.69 Å². The highest BCUT2D eigenvalue weighted by Gasteiger charge is 2.42. The average Bonchev–Trinajstić information content (AvgIpc) is 2.55.